The third kappa shape index (κ3) is 4.08. The zero-order valence-corrected chi connectivity index (χ0v) is 14.3. The van der Waals surface area contributed by atoms with Crippen molar-refractivity contribution in [2.75, 3.05) is 0 Å². The van der Waals surface area contributed by atoms with Gasteiger partial charge in [0.15, 0.2) is 0 Å². The van der Waals surface area contributed by atoms with Gasteiger partial charge >= 0.3 is 0 Å². The van der Waals surface area contributed by atoms with E-state index in [1.54, 1.807) is 12.5 Å². The van der Waals surface area contributed by atoms with Crippen molar-refractivity contribution in [3.8, 4) is 0 Å². The minimum Gasteiger partial charge on any atom is -0.348 e. The van der Waals surface area contributed by atoms with Gasteiger partial charge in [-0.05, 0) is 45.3 Å². The molecule has 3 aromatic rings. The number of aromatic nitrogens is 2. The number of nitrogens with one attached hydrogen (secondary N) is 1. The summed E-state index contributed by atoms with van der Waals surface area (Å²) in [4.78, 5) is 16.2. The first-order valence-corrected chi connectivity index (χ1v) is 8.18. The molecular formula is C18H15BrFN3O. The molecule has 122 valence electrons. The Morgan fingerprint density at radius 2 is 1.92 bits per heavy atom. The Morgan fingerprint density at radius 3 is 2.58 bits per heavy atom. The van der Waals surface area contributed by atoms with E-state index in [-0.39, 0.29) is 11.7 Å². The van der Waals surface area contributed by atoms with Gasteiger partial charge in [0.25, 0.3) is 5.91 Å². The Balaban J connectivity index is 1.59. The summed E-state index contributed by atoms with van der Waals surface area (Å²) in [6.45, 7) is 1.17. The molecule has 6 heteroatoms. The molecule has 0 aliphatic rings. The predicted octanol–water partition coefficient (Wildman–Crippen LogP) is 3.76. The van der Waals surface area contributed by atoms with Gasteiger partial charge in [0.2, 0.25) is 0 Å². The monoisotopic (exact) mass is 387 g/mol. The molecule has 0 fully saturated rings. The van der Waals surface area contributed by atoms with Crippen molar-refractivity contribution in [2.45, 2.75) is 13.1 Å². The summed E-state index contributed by atoms with van der Waals surface area (Å²) in [6.07, 6.45) is 5.43. The van der Waals surface area contributed by atoms with E-state index in [9.17, 15) is 9.18 Å². The second-order valence-corrected chi connectivity index (χ2v) is 6.21. The highest BCUT2D eigenvalue weighted by molar-refractivity contribution is 9.10. The number of carbonyl (C=O) groups excluding carboxylic acids is 1. The van der Waals surface area contributed by atoms with Crippen LogP contribution in [0.15, 0.2) is 65.7 Å². The molecule has 3 rings (SSSR count). The van der Waals surface area contributed by atoms with Crippen LogP contribution in [0.2, 0.25) is 0 Å². The highest BCUT2D eigenvalue weighted by Gasteiger charge is 2.10. The third-order valence-corrected chi connectivity index (χ3v) is 4.23. The van der Waals surface area contributed by atoms with E-state index in [1.807, 2.05) is 35.0 Å². The number of imidazole rings is 1. The minimum atomic E-state index is -0.382. The number of hydrogen-bond donors (Lipinski definition) is 1. The standard InChI is InChI=1S/C18H15BrFN3O/c19-17-9-15(20)5-6-16(17)18(24)22-10-13-1-3-14(4-2-13)11-23-8-7-21-12-23/h1-9,12H,10-11H2,(H,22,24). The van der Waals surface area contributed by atoms with Gasteiger partial charge in [0.1, 0.15) is 5.82 Å². The predicted molar refractivity (Wildman–Crippen MR) is 93.0 cm³/mol. The Morgan fingerprint density at radius 1 is 1.17 bits per heavy atom. The Labute approximate surface area is 147 Å². The first kappa shape index (κ1) is 16.4. The Hall–Kier alpha value is -2.47. The lowest BCUT2D eigenvalue weighted by Crippen LogP contribution is -2.23. The van der Waals surface area contributed by atoms with Gasteiger partial charge in [-0.1, -0.05) is 24.3 Å². The van der Waals surface area contributed by atoms with Crippen molar-refractivity contribution < 1.29 is 9.18 Å². The van der Waals surface area contributed by atoms with Crippen LogP contribution in [-0.4, -0.2) is 15.5 Å². The van der Waals surface area contributed by atoms with E-state index in [0.29, 0.717) is 16.6 Å². The summed E-state index contributed by atoms with van der Waals surface area (Å²) in [7, 11) is 0. The quantitative estimate of drug-likeness (QED) is 0.724. The number of carbonyl (C=O) groups is 1. The highest BCUT2D eigenvalue weighted by Crippen LogP contribution is 2.18. The lowest BCUT2D eigenvalue weighted by molar-refractivity contribution is 0.0950. The van der Waals surface area contributed by atoms with Crippen LogP contribution in [-0.2, 0) is 13.1 Å². The smallest absolute Gasteiger partial charge is 0.252 e. The fraction of sp³-hybridized carbons (Fsp3) is 0.111. The summed E-state index contributed by atoms with van der Waals surface area (Å²) in [5, 5.41) is 2.83. The van der Waals surface area contributed by atoms with Crippen LogP contribution < -0.4 is 5.32 Å². The fourth-order valence-electron chi connectivity index (χ4n) is 2.30. The molecule has 0 aliphatic carbocycles. The van der Waals surface area contributed by atoms with Crippen molar-refractivity contribution in [1.82, 2.24) is 14.9 Å². The number of benzene rings is 2. The van der Waals surface area contributed by atoms with E-state index in [1.165, 1.54) is 18.2 Å². The molecule has 0 unspecified atom stereocenters. The molecule has 2 aromatic carbocycles. The second kappa shape index (κ2) is 7.40. The fourth-order valence-corrected chi connectivity index (χ4v) is 2.84. The van der Waals surface area contributed by atoms with Gasteiger partial charge < -0.3 is 9.88 Å². The summed E-state index contributed by atoms with van der Waals surface area (Å²) in [5.74, 6) is -0.628. The minimum absolute atomic E-state index is 0.246. The van der Waals surface area contributed by atoms with Crippen LogP contribution >= 0.6 is 15.9 Å². The van der Waals surface area contributed by atoms with Gasteiger partial charge in [0.05, 0.1) is 11.9 Å². The Kier molecular flexibility index (Phi) is 5.05. The zero-order chi connectivity index (χ0) is 16.9. The average molecular weight is 388 g/mol. The molecule has 0 radical (unpaired) electrons. The molecular weight excluding hydrogens is 373 g/mol. The molecule has 0 bridgehead atoms. The SMILES string of the molecule is O=C(NCc1ccc(Cn2ccnc2)cc1)c1ccc(F)cc1Br. The molecule has 0 aliphatic heterocycles. The molecule has 4 nitrogen and oxygen atoms in total. The normalized spacial score (nSPS) is 10.6. The maximum Gasteiger partial charge on any atom is 0.252 e. The van der Waals surface area contributed by atoms with E-state index in [4.69, 9.17) is 0 Å². The number of rotatable bonds is 5. The lowest BCUT2D eigenvalue weighted by atomic mass is 10.1. The second-order valence-electron chi connectivity index (χ2n) is 5.36. The van der Waals surface area contributed by atoms with Crippen LogP contribution in [0.25, 0.3) is 0 Å². The molecule has 1 amide bonds. The topological polar surface area (TPSA) is 46.9 Å². The van der Waals surface area contributed by atoms with Crippen molar-refractivity contribution in [3.63, 3.8) is 0 Å². The molecule has 1 aromatic heterocycles. The van der Waals surface area contributed by atoms with Gasteiger partial charge in [-0.2, -0.15) is 0 Å². The van der Waals surface area contributed by atoms with Crippen LogP contribution in [0.4, 0.5) is 4.39 Å². The maximum atomic E-state index is 13.1. The number of nitrogens with zero attached hydrogens (tertiary/aromatic N) is 2. The molecule has 1 N–H and O–H groups in total. The van der Waals surface area contributed by atoms with Crippen LogP contribution in [0, 0.1) is 5.82 Å². The van der Waals surface area contributed by atoms with Gasteiger partial charge in [0, 0.05) is 30.0 Å². The summed E-state index contributed by atoms with van der Waals surface area (Å²) in [6, 6.07) is 12.0. The highest BCUT2D eigenvalue weighted by atomic mass is 79.9. The molecule has 24 heavy (non-hydrogen) atoms. The maximum absolute atomic E-state index is 13.1. The number of hydrogen-bond acceptors (Lipinski definition) is 2. The number of halogens is 2. The molecule has 0 atom stereocenters. The van der Waals surface area contributed by atoms with Crippen LogP contribution in [0.5, 0.6) is 0 Å². The van der Waals surface area contributed by atoms with Crippen molar-refractivity contribution in [2.24, 2.45) is 0 Å². The summed E-state index contributed by atoms with van der Waals surface area (Å²) in [5.41, 5.74) is 2.56. The van der Waals surface area contributed by atoms with E-state index >= 15 is 0 Å². The molecule has 0 saturated carbocycles. The molecule has 0 saturated heterocycles. The third-order valence-electron chi connectivity index (χ3n) is 3.58. The van der Waals surface area contributed by atoms with Crippen LogP contribution in [0.1, 0.15) is 21.5 Å². The van der Waals surface area contributed by atoms with Gasteiger partial charge in [-0.25, -0.2) is 9.37 Å². The number of amides is 1. The van der Waals surface area contributed by atoms with E-state index < -0.39 is 0 Å². The van der Waals surface area contributed by atoms with Crippen LogP contribution in [0.3, 0.4) is 0 Å². The van der Waals surface area contributed by atoms with Gasteiger partial charge in [-0.15, -0.1) is 0 Å². The van der Waals surface area contributed by atoms with Crippen molar-refractivity contribution in [3.05, 3.63) is 88.2 Å². The zero-order valence-electron chi connectivity index (χ0n) is 12.7. The van der Waals surface area contributed by atoms with Gasteiger partial charge in [-0.3, -0.25) is 4.79 Å². The summed E-state index contributed by atoms with van der Waals surface area (Å²) < 4.78 is 15.5. The summed E-state index contributed by atoms with van der Waals surface area (Å²) >= 11 is 3.20. The Bertz CT molecular complexity index is 832. The molecule has 1 heterocycles. The van der Waals surface area contributed by atoms with E-state index in [2.05, 4.69) is 26.2 Å². The van der Waals surface area contributed by atoms with E-state index in [0.717, 1.165) is 17.7 Å². The largest absolute Gasteiger partial charge is 0.348 e. The first-order chi connectivity index (χ1) is 11.6. The lowest BCUT2D eigenvalue weighted by Gasteiger charge is -2.08. The first-order valence-electron chi connectivity index (χ1n) is 7.38. The average Bonchev–Trinajstić information content (AvgIpc) is 3.07. The van der Waals surface area contributed by atoms with Crippen molar-refractivity contribution in [1.29, 1.82) is 0 Å². The van der Waals surface area contributed by atoms with Crippen molar-refractivity contribution >= 4 is 21.8 Å². The molecule has 0 spiro atoms.